The maximum absolute atomic E-state index is 12.1. The van der Waals surface area contributed by atoms with Crippen LogP contribution in [0.2, 0.25) is 0 Å². The molecule has 9 nitrogen and oxygen atoms in total. The molecule has 1 aromatic heterocycles. The fourth-order valence-corrected chi connectivity index (χ4v) is 1.78. The van der Waals surface area contributed by atoms with Crippen LogP contribution in [0.1, 0.15) is 27.7 Å². The van der Waals surface area contributed by atoms with Crippen molar-refractivity contribution in [3.8, 4) is 0 Å². The summed E-state index contributed by atoms with van der Waals surface area (Å²) >= 11 is 0. The summed E-state index contributed by atoms with van der Waals surface area (Å²) in [4.78, 5) is 35.3. The number of hydrogen-bond acceptors (Lipinski definition) is 6. The SMILES string of the molecule is C[C@H](CN(C)C(=O)Cn1cc([N+](=O)[O-])cn1)C(=O)OC(C)(C)C. The first-order valence-electron chi connectivity index (χ1n) is 7.13. The van der Waals surface area contributed by atoms with Gasteiger partial charge in [0.05, 0.1) is 10.8 Å². The van der Waals surface area contributed by atoms with Gasteiger partial charge in [0.15, 0.2) is 0 Å². The highest BCUT2D eigenvalue weighted by Gasteiger charge is 2.24. The van der Waals surface area contributed by atoms with Gasteiger partial charge in [-0.1, -0.05) is 6.92 Å². The van der Waals surface area contributed by atoms with Crippen LogP contribution in [0.15, 0.2) is 12.4 Å². The van der Waals surface area contributed by atoms with Crippen LogP contribution in [0.25, 0.3) is 0 Å². The second-order valence-corrected chi connectivity index (χ2v) is 6.36. The molecule has 0 saturated carbocycles. The summed E-state index contributed by atoms with van der Waals surface area (Å²) in [5, 5.41) is 14.3. The number of nitrogens with zero attached hydrogens (tertiary/aromatic N) is 4. The van der Waals surface area contributed by atoms with Crippen molar-refractivity contribution in [1.82, 2.24) is 14.7 Å². The zero-order valence-corrected chi connectivity index (χ0v) is 14.0. The normalized spacial score (nSPS) is 12.6. The Balaban J connectivity index is 2.56. The van der Waals surface area contributed by atoms with Crippen LogP contribution in [-0.2, 0) is 20.9 Å². The lowest BCUT2D eigenvalue weighted by Gasteiger charge is -2.25. The maximum Gasteiger partial charge on any atom is 0.310 e. The molecule has 0 bridgehead atoms. The van der Waals surface area contributed by atoms with E-state index in [-0.39, 0.29) is 30.7 Å². The third-order valence-corrected chi connectivity index (χ3v) is 2.91. The van der Waals surface area contributed by atoms with E-state index in [0.717, 1.165) is 6.20 Å². The highest BCUT2D eigenvalue weighted by molar-refractivity contribution is 5.77. The molecule has 0 unspecified atom stereocenters. The van der Waals surface area contributed by atoms with Crippen LogP contribution in [0, 0.1) is 16.0 Å². The van der Waals surface area contributed by atoms with E-state index in [1.165, 1.54) is 15.8 Å². The Kier molecular flexibility index (Phi) is 5.83. The van der Waals surface area contributed by atoms with E-state index in [1.54, 1.807) is 34.7 Å². The van der Waals surface area contributed by atoms with Gasteiger partial charge in [-0.2, -0.15) is 5.10 Å². The molecule has 23 heavy (non-hydrogen) atoms. The van der Waals surface area contributed by atoms with Crippen molar-refractivity contribution in [1.29, 1.82) is 0 Å². The van der Waals surface area contributed by atoms with Gasteiger partial charge in [-0.05, 0) is 20.8 Å². The maximum atomic E-state index is 12.1. The molecule has 0 spiro atoms. The minimum absolute atomic E-state index is 0.134. The summed E-state index contributed by atoms with van der Waals surface area (Å²) in [5.41, 5.74) is -0.760. The highest BCUT2D eigenvalue weighted by Crippen LogP contribution is 2.12. The average Bonchev–Trinajstić information content (AvgIpc) is 2.85. The number of carbonyl (C=O) groups is 2. The number of likely N-dealkylation sites (N-methyl/N-ethyl adjacent to an activating group) is 1. The van der Waals surface area contributed by atoms with Gasteiger partial charge < -0.3 is 9.64 Å². The van der Waals surface area contributed by atoms with E-state index < -0.39 is 16.4 Å². The van der Waals surface area contributed by atoms with Crippen molar-refractivity contribution < 1.29 is 19.2 Å². The van der Waals surface area contributed by atoms with Gasteiger partial charge in [-0.3, -0.25) is 24.4 Å². The molecule has 9 heteroatoms. The largest absolute Gasteiger partial charge is 0.460 e. The van der Waals surface area contributed by atoms with Crippen LogP contribution in [-0.4, -0.2) is 50.7 Å². The van der Waals surface area contributed by atoms with Crippen molar-refractivity contribution >= 4 is 17.6 Å². The molecule has 1 atom stereocenters. The average molecular weight is 326 g/mol. The topological polar surface area (TPSA) is 108 Å². The number of ether oxygens (including phenoxy) is 1. The zero-order valence-electron chi connectivity index (χ0n) is 14.0. The molecular formula is C14H22N4O5. The van der Waals surface area contributed by atoms with Crippen LogP contribution in [0.4, 0.5) is 5.69 Å². The molecule has 1 aromatic rings. The van der Waals surface area contributed by atoms with E-state index in [4.69, 9.17) is 4.74 Å². The molecule has 1 heterocycles. The van der Waals surface area contributed by atoms with Gasteiger partial charge in [0.1, 0.15) is 24.5 Å². The second kappa shape index (κ2) is 7.21. The lowest BCUT2D eigenvalue weighted by molar-refractivity contribution is -0.385. The van der Waals surface area contributed by atoms with E-state index in [9.17, 15) is 19.7 Å². The summed E-state index contributed by atoms with van der Waals surface area (Å²) in [6.45, 7) is 7.06. The second-order valence-electron chi connectivity index (χ2n) is 6.36. The smallest absolute Gasteiger partial charge is 0.310 e. The Hall–Kier alpha value is -2.45. The fraction of sp³-hybridized carbons (Fsp3) is 0.643. The first-order valence-corrected chi connectivity index (χ1v) is 7.13. The van der Waals surface area contributed by atoms with Gasteiger partial charge in [0.25, 0.3) is 0 Å². The van der Waals surface area contributed by atoms with Gasteiger partial charge in [-0.15, -0.1) is 0 Å². The Bertz CT molecular complexity index is 590. The Labute approximate surface area is 134 Å². The molecule has 1 rings (SSSR count). The number of rotatable bonds is 6. The minimum Gasteiger partial charge on any atom is -0.460 e. The summed E-state index contributed by atoms with van der Waals surface area (Å²) in [5.74, 6) is -1.17. The van der Waals surface area contributed by atoms with Gasteiger partial charge in [-0.25, -0.2) is 0 Å². The lowest BCUT2D eigenvalue weighted by atomic mass is 10.1. The number of hydrogen-bond donors (Lipinski definition) is 0. The van der Waals surface area contributed by atoms with Crippen molar-refractivity contribution in [2.75, 3.05) is 13.6 Å². The molecule has 0 radical (unpaired) electrons. The molecule has 0 saturated heterocycles. The van der Waals surface area contributed by atoms with Gasteiger partial charge in [0.2, 0.25) is 5.91 Å². The van der Waals surface area contributed by atoms with Gasteiger partial charge in [0, 0.05) is 13.6 Å². The fourth-order valence-electron chi connectivity index (χ4n) is 1.78. The molecule has 0 aliphatic rings. The van der Waals surface area contributed by atoms with Crippen molar-refractivity contribution in [3.63, 3.8) is 0 Å². The number of esters is 1. The summed E-state index contributed by atoms with van der Waals surface area (Å²) in [6.07, 6.45) is 2.26. The summed E-state index contributed by atoms with van der Waals surface area (Å²) in [7, 11) is 1.56. The van der Waals surface area contributed by atoms with E-state index in [2.05, 4.69) is 5.10 Å². The van der Waals surface area contributed by atoms with E-state index in [1.807, 2.05) is 0 Å². The van der Waals surface area contributed by atoms with E-state index >= 15 is 0 Å². The van der Waals surface area contributed by atoms with Crippen molar-refractivity contribution in [3.05, 3.63) is 22.5 Å². The summed E-state index contributed by atoms with van der Waals surface area (Å²) in [6, 6.07) is 0. The number of aromatic nitrogens is 2. The molecule has 1 amide bonds. The zero-order chi connectivity index (χ0) is 17.8. The standard InChI is InChI=1S/C14H22N4O5/c1-10(13(20)23-14(2,3)4)7-16(5)12(19)9-17-8-11(6-15-17)18(21)22/h6,8,10H,7,9H2,1-5H3/t10-/m1/s1. The van der Waals surface area contributed by atoms with Gasteiger partial charge >= 0.3 is 11.7 Å². The molecule has 0 N–H and O–H groups in total. The first-order chi connectivity index (χ1) is 10.5. The van der Waals surface area contributed by atoms with E-state index in [0.29, 0.717) is 0 Å². The Morgan fingerprint density at radius 3 is 2.57 bits per heavy atom. The number of amides is 1. The van der Waals surface area contributed by atoms with Crippen molar-refractivity contribution in [2.24, 2.45) is 5.92 Å². The Morgan fingerprint density at radius 1 is 1.48 bits per heavy atom. The lowest BCUT2D eigenvalue weighted by Crippen LogP contribution is -2.38. The molecule has 0 aromatic carbocycles. The van der Waals surface area contributed by atoms with Crippen LogP contribution in [0.3, 0.4) is 0 Å². The molecule has 0 aliphatic carbocycles. The number of nitro groups is 1. The molecule has 0 fully saturated rings. The van der Waals surface area contributed by atoms with Crippen LogP contribution in [0.5, 0.6) is 0 Å². The quantitative estimate of drug-likeness (QED) is 0.442. The Morgan fingerprint density at radius 2 is 2.09 bits per heavy atom. The summed E-state index contributed by atoms with van der Waals surface area (Å²) < 4.78 is 6.45. The van der Waals surface area contributed by atoms with Crippen LogP contribution < -0.4 is 0 Å². The monoisotopic (exact) mass is 326 g/mol. The third kappa shape index (κ3) is 6.05. The highest BCUT2D eigenvalue weighted by atomic mass is 16.6. The minimum atomic E-state index is -0.581. The molecule has 128 valence electrons. The predicted octanol–water partition coefficient (Wildman–Crippen LogP) is 1.23. The first kappa shape index (κ1) is 18.6. The predicted molar refractivity (Wildman–Crippen MR) is 81.5 cm³/mol. The third-order valence-electron chi connectivity index (χ3n) is 2.91. The van der Waals surface area contributed by atoms with Crippen LogP contribution >= 0.6 is 0 Å². The molecular weight excluding hydrogens is 304 g/mol. The molecule has 0 aliphatic heterocycles. The van der Waals surface area contributed by atoms with Crippen molar-refractivity contribution in [2.45, 2.75) is 39.8 Å². The number of carbonyl (C=O) groups excluding carboxylic acids is 2.